The van der Waals surface area contributed by atoms with Crippen LogP contribution in [-0.2, 0) is 17.9 Å². The molecule has 7 heteroatoms. The van der Waals surface area contributed by atoms with Crippen LogP contribution in [0.2, 0.25) is 0 Å². The van der Waals surface area contributed by atoms with Gasteiger partial charge >= 0.3 is 0 Å². The molecular weight excluding hydrogens is 458 g/mol. The highest BCUT2D eigenvalue weighted by Gasteiger charge is 2.16. The maximum Gasteiger partial charge on any atom is 0.262 e. The van der Waals surface area contributed by atoms with Gasteiger partial charge in [0.1, 0.15) is 5.75 Å². The van der Waals surface area contributed by atoms with Gasteiger partial charge in [-0.3, -0.25) is 14.2 Å². The summed E-state index contributed by atoms with van der Waals surface area (Å²) in [6.45, 7) is 3.68. The molecule has 1 heterocycles. The predicted octanol–water partition coefficient (Wildman–Crippen LogP) is 5.44. The maximum absolute atomic E-state index is 13.3. The van der Waals surface area contributed by atoms with Crippen molar-refractivity contribution in [2.45, 2.75) is 57.3 Å². The fraction of sp³-hybridized carbons (Fsp3) is 0.393. The van der Waals surface area contributed by atoms with E-state index in [2.05, 4.69) is 6.08 Å². The summed E-state index contributed by atoms with van der Waals surface area (Å²) >= 11 is 1.34. The number of rotatable bonds is 10. The Morgan fingerprint density at radius 3 is 2.69 bits per heavy atom. The second-order valence-electron chi connectivity index (χ2n) is 8.84. The first-order valence-electron chi connectivity index (χ1n) is 12.3. The van der Waals surface area contributed by atoms with Gasteiger partial charge in [-0.05, 0) is 68.9 Å². The zero-order chi connectivity index (χ0) is 24.6. The number of amides is 1. The van der Waals surface area contributed by atoms with Gasteiger partial charge in [-0.2, -0.15) is 0 Å². The van der Waals surface area contributed by atoms with E-state index in [0.717, 1.165) is 30.6 Å². The molecule has 6 nitrogen and oxygen atoms in total. The molecule has 0 saturated heterocycles. The van der Waals surface area contributed by atoms with E-state index in [0.29, 0.717) is 35.8 Å². The Bertz CT molecular complexity index is 1250. The van der Waals surface area contributed by atoms with E-state index in [1.807, 2.05) is 55.5 Å². The van der Waals surface area contributed by atoms with E-state index < -0.39 is 0 Å². The van der Waals surface area contributed by atoms with Crippen molar-refractivity contribution in [1.29, 1.82) is 0 Å². The molecule has 0 aliphatic heterocycles. The highest BCUT2D eigenvalue weighted by Crippen LogP contribution is 2.23. The minimum atomic E-state index is -0.0373. The van der Waals surface area contributed by atoms with E-state index in [4.69, 9.17) is 9.72 Å². The summed E-state index contributed by atoms with van der Waals surface area (Å²) in [6, 6.07) is 15.2. The van der Waals surface area contributed by atoms with Crippen LogP contribution >= 0.6 is 11.8 Å². The van der Waals surface area contributed by atoms with E-state index in [-0.39, 0.29) is 17.2 Å². The first kappa shape index (κ1) is 25.0. The Kier molecular flexibility index (Phi) is 8.64. The van der Waals surface area contributed by atoms with Crippen LogP contribution in [0.4, 0.5) is 0 Å². The van der Waals surface area contributed by atoms with Gasteiger partial charge in [0, 0.05) is 20.1 Å². The molecule has 0 atom stereocenters. The minimum absolute atomic E-state index is 0.00664. The monoisotopic (exact) mass is 491 g/mol. The molecule has 0 radical (unpaired) electrons. The zero-order valence-corrected chi connectivity index (χ0v) is 21.4. The van der Waals surface area contributed by atoms with Crippen molar-refractivity contribution in [3.63, 3.8) is 0 Å². The molecule has 4 rings (SSSR count). The summed E-state index contributed by atoms with van der Waals surface area (Å²) in [5, 5.41) is 1.22. The van der Waals surface area contributed by atoms with Crippen molar-refractivity contribution < 1.29 is 9.53 Å². The van der Waals surface area contributed by atoms with E-state index in [9.17, 15) is 9.59 Å². The van der Waals surface area contributed by atoms with E-state index in [1.165, 1.54) is 30.2 Å². The molecule has 0 unspecified atom stereocenters. The number of ether oxygens (including phenoxy) is 1. The van der Waals surface area contributed by atoms with Crippen molar-refractivity contribution in [3.8, 4) is 5.75 Å². The molecule has 0 fully saturated rings. The average Bonchev–Trinajstić information content (AvgIpc) is 2.88. The number of allylic oxidation sites excluding steroid dienone is 2. The van der Waals surface area contributed by atoms with Crippen LogP contribution in [0, 0.1) is 0 Å². The second-order valence-corrected chi connectivity index (χ2v) is 9.78. The highest BCUT2D eigenvalue weighted by atomic mass is 32.2. The second kappa shape index (κ2) is 12.1. The molecule has 3 aromatic rings. The summed E-state index contributed by atoms with van der Waals surface area (Å²) in [4.78, 5) is 32.7. The van der Waals surface area contributed by atoms with Gasteiger partial charge in [-0.15, -0.1) is 0 Å². The van der Waals surface area contributed by atoms with Gasteiger partial charge in [0.05, 0.1) is 23.3 Å². The number of thioether (sulfide) groups is 1. The van der Waals surface area contributed by atoms with Crippen LogP contribution in [0.25, 0.3) is 10.9 Å². The topological polar surface area (TPSA) is 64.4 Å². The van der Waals surface area contributed by atoms with Gasteiger partial charge in [0.2, 0.25) is 5.91 Å². The van der Waals surface area contributed by atoms with Crippen molar-refractivity contribution in [2.24, 2.45) is 0 Å². The van der Waals surface area contributed by atoms with Crippen molar-refractivity contribution >= 4 is 28.6 Å². The Morgan fingerprint density at radius 2 is 1.94 bits per heavy atom. The van der Waals surface area contributed by atoms with E-state index >= 15 is 0 Å². The third-order valence-electron chi connectivity index (χ3n) is 6.27. The summed E-state index contributed by atoms with van der Waals surface area (Å²) < 4.78 is 7.24. The number of hydrogen-bond acceptors (Lipinski definition) is 5. The number of fused-ring (bicyclic) bond motifs is 1. The van der Waals surface area contributed by atoms with Gasteiger partial charge in [-0.1, -0.05) is 47.7 Å². The fourth-order valence-corrected chi connectivity index (χ4v) is 5.26. The molecule has 0 N–H and O–H groups in total. The van der Waals surface area contributed by atoms with Crippen LogP contribution in [0.15, 0.2) is 70.1 Å². The van der Waals surface area contributed by atoms with Crippen molar-refractivity contribution in [1.82, 2.24) is 14.5 Å². The largest absolute Gasteiger partial charge is 0.494 e. The van der Waals surface area contributed by atoms with E-state index in [1.54, 1.807) is 16.5 Å². The van der Waals surface area contributed by atoms with Gasteiger partial charge < -0.3 is 9.64 Å². The quantitative estimate of drug-likeness (QED) is 0.215. The minimum Gasteiger partial charge on any atom is -0.494 e. The molecule has 1 aliphatic carbocycles. The lowest BCUT2D eigenvalue weighted by Gasteiger charge is -2.19. The number of carbonyl (C=O) groups is 1. The van der Waals surface area contributed by atoms with Gasteiger partial charge in [0.15, 0.2) is 5.16 Å². The fourth-order valence-electron chi connectivity index (χ4n) is 4.30. The van der Waals surface area contributed by atoms with Gasteiger partial charge in [-0.25, -0.2) is 4.98 Å². The first-order chi connectivity index (χ1) is 17.0. The smallest absolute Gasteiger partial charge is 0.262 e. The highest BCUT2D eigenvalue weighted by molar-refractivity contribution is 7.99. The number of aromatic nitrogens is 2. The molecular formula is C28H33N3O3S. The number of hydrogen-bond donors (Lipinski definition) is 0. The number of carbonyl (C=O) groups excluding carboxylic acids is 1. The Hall–Kier alpha value is -3.06. The SMILES string of the molecule is CCOc1ccc(CN(C)C(=O)CSc2nc3ccccc3c(=O)n2CCC2=CCCCC2)cc1. The zero-order valence-electron chi connectivity index (χ0n) is 20.5. The third kappa shape index (κ3) is 6.54. The summed E-state index contributed by atoms with van der Waals surface area (Å²) in [5.41, 5.74) is 3.09. The maximum atomic E-state index is 13.3. The lowest BCUT2D eigenvalue weighted by atomic mass is 9.97. The molecule has 1 amide bonds. The lowest BCUT2D eigenvalue weighted by Crippen LogP contribution is -2.29. The Labute approximate surface area is 211 Å². The number of para-hydroxylation sites is 1. The van der Waals surface area contributed by atoms with Gasteiger partial charge in [0.25, 0.3) is 5.56 Å². The van der Waals surface area contributed by atoms with Crippen LogP contribution in [0.1, 0.15) is 44.6 Å². The average molecular weight is 492 g/mol. The molecule has 1 aliphatic rings. The molecule has 35 heavy (non-hydrogen) atoms. The number of nitrogens with zero attached hydrogens (tertiary/aromatic N) is 3. The summed E-state index contributed by atoms with van der Waals surface area (Å²) in [5.74, 6) is 1.04. The normalized spacial score (nSPS) is 13.5. The predicted molar refractivity (Wildman–Crippen MR) is 142 cm³/mol. The standard InChI is InChI=1S/C28H33N3O3S/c1-3-34-23-15-13-22(14-16-23)19-30(2)26(32)20-35-28-29-25-12-8-7-11-24(25)27(33)31(28)18-17-21-9-5-4-6-10-21/h7-9,11-16H,3-6,10,17-20H2,1-2H3. The molecule has 1 aromatic heterocycles. The summed E-state index contributed by atoms with van der Waals surface area (Å²) in [6.07, 6.45) is 7.85. The molecule has 0 bridgehead atoms. The Morgan fingerprint density at radius 1 is 1.14 bits per heavy atom. The molecule has 2 aromatic carbocycles. The van der Waals surface area contributed by atoms with Crippen LogP contribution in [0.5, 0.6) is 5.75 Å². The third-order valence-corrected chi connectivity index (χ3v) is 7.23. The Balaban J connectivity index is 1.46. The van der Waals surface area contributed by atoms with Crippen LogP contribution in [-0.4, -0.2) is 39.8 Å². The van der Waals surface area contributed by atoms with Crippen LogP contribution < -0.4 is 10.3 Å². The van der Waals surface area contributed by atoms with Crippen LogP contribution in [0.3, 0.4) is 0 Å². The molecule has 184 valence electrons. The summed E-state index contributed by atoms with van der Waals surface area (Å²) in [7, 11) is 1.80. The van der Waals surface area contributed by atoms with Crippen molar-refractivity contribution in [2.75, 3.05) is 19.4 Å². The van der Waals surface area contributed by atoms with Crippen molar-refractivity contribution in [3.05, 3.63) is 76.1 Å². The lowest BCUT2D eigenvalue weighted by molar-refractivity contribution is -0.127. The molecule has 0 spiro atoms. The first-order valence-corrected chi connectivity index (χ1v) is 13.3. The number of benzene rings is 2. The molecule has 0 saturated carbocycles.